The van der Waals surface area contributed by atoms with E-state index in [2.05, 4.69) is 26.0 Å². The van der Waals surface area contributed by atoms with Gasteiger partial charge in [0, 0.05) is 5.70 Å². The third kappa shape index (κ3) is 4.70. The molecule has 0 saturated carbocycles. The molecule has 5 nitrogen and oxygen atoms in total. The number of halogens is 4. The molecule has 21 heavy (non-hydrogen) atoms. The lowest BCUT2D eigenvalue weighted by Crippen LogP contribution is -2.45. The predicted molar refractivity (Wildman–Crippen MR) is 69.5 cm³/mol. The summed E-state index contributed by atoms with van der Waals surface area (Å²) in [6.45, 7) is 1.49. The molecule has 0 aliphatic heterocycles. The van der Waals surface area contributed by atoms with E-state index in [1.807, 2.05) is 0 Å². The van der Waals surface area contributed by atoms with Crippen molar-refractivity contribution in [2.24, 2.45) is 0 Å². The monoisotopic (exact) mass is 366 g/mol. The Morgan fingerprint density at radius 1 is 1.67 bits per heavy atom. The SMILES string of the molecule is CC=C(C#N)C(=O)NC1=CC(Br)C(O)(OC(F)(F)F)C=C1. The standard InChI is InChI=1S/C12H10BrF3N2O3/c1-2-7(6-17)10(19)18-8-3-4-11(20,9(13)5-8)21-12(14,15)16/h2-5,9,20H,1H3,(H,18,19). The summed E-state index contributed by atoms with van der Waals surface area (Å²) in [4.78, 5) is 10.4. The fourth-order valence-electron chi connectivity index (χ4n) is 1.44. The van der Waals surface area contributed by atoms with Crippen LogP contribution < -0.4 is 5.32 Å². The second kappa shape index (κ2) is 6.43. The second-order valence-electron chi connectivity index (χ2n) is 3.93. The normalized spacial score (nSPS) is 26.0. The molecule has 0 aromatic heterocycles. The number of alkyl halides is 4. The fourth-order valence-corrected chi connectivity index (χ4v) is 1.97. The molecule has 1 aliphatic carbocycles. The van der Waals surface area contributed by atoms with Gasteiger partial charge in [-0.3, -0.25) is 9.53 Å². The number of rotatable bonds is 3. The van der Waals surface area contributed by atoms with Crippen LogP contribution in [0.15, 0.2) is 35.6 Å². The van der Waals surface area contributed by atoms with E-state index in [1.165, 1.54) is 13.0 Å². The van der Waals surface area contributed by atoms with Crippen molar-refractivity contribution in [3.05, 3.63) is 35.6 Å². The average Bonchev–Trinajstić information content (AvgIpc) is 2.34. The van der Waals surface area contributed by atoms with Gasteiger partial charge in [0.2, 0.25) is 5.79 Å². The van der Waals surface area contributed by atoms with E-state index < -0.39 is 22.9 Å². The summed E-state index contributed by atoms with van der Waals surface area (Å²) in [5.41, 5.74) is -0.0327. The van der Waals surface area contributed by atoms with Crippen molar-refractivity contribution in [1.82, 2.24) is 5.32 Å². The fraction of sp³-hybridized carbons (Fsp3) is 0.333. The van der Waals surface area contributed by atoms with E-state index in [0.29, 0.717) is 0 Å². The van der Waals surface area contributed by atoms with Gasteiger partial charge >= 0.3 is 6.36 Å². The molecule has 1 rings (SSSR count). The van der Waals surface area contributed by atoms with Crippen LogP contribution in [0, 0.1) is 11.3 Å². The Bertz CT molecular complexity index is 563. The van der Waals surface area contributed by atoms with Crippen molar-refractivity contribution in [3.8, 4) is 6.07 Å². The van der Waals surface area contributed by atoms with E-state index in [9.17, 15) is 23.1 Å². The highest BCUT2D eigenvalue weighted by atomic mass is 79.9. The van der Waals surface area contributed by atoms with Crippen LogP contribution in [-0.4, -0.2) is 28.0 Å². The number of nitrogens with one attached hydrogen (secondary N) is 1. The molecule has 0 bridgehead atoms. The molecule has 0 spiro atoms. The second-order valence-corrected chi connectivity index (χ2v) is 4.91. The molecule has 0 heterocycles. The van der Waals surface area contributed by atoms with Crippen molar-refractivity contribution in [3.63, 3.8) is 0 Å². The van der Waals surface area contributed by atoms with E-state index >= 15 is 0 Å². The minimum atomic E-state index is -5.03. The Balaban J connectivity index is 2.84. The molecule has 1 amide bonds. The largest absolute Gasteiger partial charge is 0.525 e. The van der Waals surface area contributed by atoms with Crippen LogP contribution in [0.4, 0.5) is 13.2 Å². The third-order valence-corrected chi connectivity index (χ3v) is 3.33. The van der Waals surface area contributed by atoms with Crippen LogP contribution in [-0.2, 0) is 9.53 Å². The number of aliphatic hydroxyl groups is 1. The molecule has 0 fully saturated rings. The van der Waals surface area contributed by atoms with E-state index in [-0.39, 0.29) is 11.3 Å². The van der Waals surface area contributed by atoms with Gasteiger partial charge in [-0.25, -0.2) is 0 Å². The van der Waals surface area contributed by atoms with Gasteiger partial charge in [0.1, 0.15) is 11.6 Å². The highest BCUT2D eigenvalue weighted by Crippen LogP contribution is 2.33. The lowest BCUT2D eigenvalue weighted by atomic mass is 10.1. The first-order valence-corrected chi connectivity index (χ1v) is 6.45. The third-order valence-electron chi connectivity index (χ3n) is 2.41. The topological polar surface area (TPSA) is 82.4 Å². The van der Waals surface area contributed by atoms with Gasteiger partial charge in [0.05, 0.1) is 4.83 Å². The van der Waals surface area contributed by atoms with Crippen molar-refractivity contribution < 1.29 is 27.8 Å². The highest BCUT2D eigenvalue weighted by Gasteiger charge is 2.45. The number of carbonyl (C=O) groups excluding carboxylic acids is 1. The van der Waals surface area contributed by atoms with Crippen molar-refractivity contribution in [1.29, 1.82) is 5.26 Å². The number of allylic oxidation sites excluding steroid dienone is 2. The van der Waals surface area contributed by atoms with Gasteiger partial charge < -0.3 is 10.4 Å². The average molecular weight is 367 g/mol. The van der Waals surface area contributed by atoms with Crippen LogP contribution in [0.1, 0.15) is 6.92 Å². The maximum Gasteiger partial charge on any atom is 0.525 e. The summed E-state index contributed by atoms with van der Waals surface area (Å²) in [7, 11) is 0. The molecule has 0 aromatic rings. The summed E-state index contributed by atoms with van der Waals surface area (Å²) < 4.78 is 40.2. The van der Waals surface area contributed by atoms with Gasteiger partial charge in [-0.15, -0.1) is 13.2 Å². The number of amides is 1. The molecule has 114 valence electrons. The predicted octanol–water partition coefficient (Wildman–Crippen LogP) is 2.01. The minimum Gasteiger partial charge on any atom is -0.361 e. The van der Waals surface area contributed by atoms with Crippen LogP contribution >= 0.6 is 15.9 Å². The van der Waals surface area contributed by atoms with E-state index in [1.54, 1.807) is 6.07 Å². The maximum atomic E-state index is 12.2. The molecule has 0 aromatic carbocycles. The number of ether oxygens (including phenoxy) is 1. The number of carbonyl (C=O) groups is 1. The van der Waals surface area contributed by atoms with Gasteiger partial charge in [0.25, 0.3) is 5.91 Å². The number of nitriles is 1. The Morgan fingerprint density at radius 2 is 2.29 bits per heavy atom. The minimum absolute atomic E-state index is 0.118. The number of hydrogen-bond donors (Lipinski definition) is 2. The molecular weight excluding hydrogens is 357 g/mol. The highest BCUT2D eigenvalue weighted by molar-refractivity contribution is 9.09. The van der Waals surface area contributed by atoms with Gasteiger partial charge in [0.15, 0.2) is 0 Å². The summed E-state index contributed by atoms with van der Waals surface area (Å²) in [6, 6.07) is 1.66. The van der Waals surface area contributed by atoms with Gasteiger partial charge in [-0.05, 0) is 25.2 Å². The number of hydrogen-bond acceptors (Lipinski definition) is 4. The Kier molecular flexibility index (Phi) is 5.33. The lowest BCUT2D eigenvalue weighted by molar-refractivity contribution is -0.393. The zero-order valence-electron chi connectivity index (χ0n) is 10.6. The molecule has 9 heteroatoms. The molecule has 0 radical (unpaired) electrons. The summed E-state index contributed by atoms with van der Waals surface area (Å²) in [5, 5.41) is 20.7. The molecular formula is C12H10BrF3N2O3. The van der Waals surface area contributed by atoms with Crippen molar-refractivity contribution in [2.45, 2.75) is 23.9 Å². The van der Waals surface area contributed by atoms with Crippen LogP contribution in [0.3, 0.4) is 0 Å². The van der Waals surface area contributed by atoms with E-state index in [4.69, 9.17) is 5.26 Å². The first-order chi connectivity index (χ1) is 9.61. The maximum absolute atomic E-state index is 12.2. The lowest BCUT2D eigenvalue weighted by Gasteiger charge is -2.31. The molecule has 2 atom stereocenters. The molecule has 1 aliphatic rings. The molecule has 2 N–H and O–H groups in total. The van der Waals surface area contributed by atoms with Crippen LogP contribution in [0.25, 0.3) is 0 Å². The van der Waals surface area contributed by atoms with E-state index in [0.717, 1.165) is 18.2 Å². The zero-order chi connectivity index (χ0) is 16.3. The van der Waals surface area contributed by atoms with Crippen molar-refractivity contribution >= 4 is 21.8 Å². The summed E-state index contributed by atoms with van der Waals surface area (Å²) >= 11 is 2.83. The Morgan fingerprint density at radius 3 is 2.71 bits per heavy atom. The first kappa shape index (κ1) is 17.4. The molecule has 2 unspecified atom stereocenters. The van der Waals surface area contributed by atoms with Crippen molar-refractivity contribution in [2.75, 3.05) is 0 Å². The number of nitrogens with zero attached hydrogens (tertiary/aromatic N) is 1. The van der Waals surface area contributed by atoms with Gasteiger partial charge in [-0.2, -0.15) is 5.26 Å². The Hall–Kier alpha value is -1.63. The summed E-state index contributed by atoms with van der Waals surface area (Å²) in [6.07, 6.45) is -0.826. The zero-order valence-corrected chi connectivity index (χ0v) is 12.2. The quantitative estimate of drug-likeness (QED) is 0.346. The summed E-state index contributed by atoms with van der Waals surface area (Å²) in [5.74, 6) is -3.33. The Labute approximate surface area is 126 Å². The van der Waals surface area contributed by atoms with Gasteiger partial charge in [-0.1, -0.05) is 22.0 Å². The molecule has 0 saturated heterocycles. The first-order valence-electron chi connectivity index (χ1n) is 5.53. The van der Waals surface area contributed by atoms with Crippen LogP contribution in [0.5, 0.6) is 0 Å². The smallest absolute Gasteiger partial charge is 0.361 e. The van der Waals surface area contributed by atoms with Crippen LogP contribution in [0.2, 0.25) is 0 Å².